The van der Waals surface area contributed by atoms with Gasteiger partial charge in [-0.05, 0) is 79.4 Å². The van der Waals surface area contributed by atoms with Gasteiger partial charge >= 0.3 is 0 Å². The van der Waals surface area contributed by atoms with Crippen LogP contribution in [-0.2, 0) is 4.79 Å². The van der Waals surface area contributed by atoms with Crippen molar-refractivity contribution in [3.05, 3.63) is 0 Å². The van der Waals surface area contributed by atoms with Gasteiger partial charge in [-0.1, -0.05) is 13.8 Å². The second-order valence-electron chi connectivity index (χ2n) is 8.59. The Balaban J connectivity index is 1.69. The standard InChI is InChI=1S/C19H30O2/c1-18-9-7-13(20)11-12(18)3-4-14-15-5-6-17(21)19(15,2)10-8-16(14)18/h12,14-17,21H,3-11H2,1-2H3/t12-,14-,15-,16-,17-,18-,19-/m0/s1/i6D2,17D. The second-order valence-corrected chi connectivity index (χ2v) is 8.59. The molecule has 0 aromatic rings. The summed E-state index contributed by atoms with van der Waals surface area (Å²) in [5.74, 6) is 1.90. The van der Waals surface area contributed by atoms with E-state index in [9.17, 15) is 9.90 Å². The maximum absolute atomic E-state index is 11.9. The molecule has 4 saturated carbocycles. The fourth-order valence-electron chi connectivity index (χ4n) is 6.44. The minimum Gasteiger partial charge on any atom is -0.393 e. The lowest BCUT2D eigenvalue weighted by Crippen LogP contribution is -2.54. The first-order valence-corrected chi connectivity index (χ1v) is 8.77. The van der Waals surface area contributed by atoms with E-state index in [-0.39, 0.29) is 11.3 Å². The third-order valence-corrected chi connectivity index (χ3v) is 7.90. The average molecular weight is 293 g/mol. The fourth-order valence-corrected chi connectivity index (χ4v) is 6.44. The van der Waals surface area contributed by atoms with E-state index in [2.05, 4.69) is 6.92 Å². The Kier molecular flexibility index (Phi) is 2.44. The van der Waals surface area contributed by atoms with Crippen molar-refractivity contribution in [2.75, 3.05) is 0 Å². The van der Waals surface area contributed by atoms with E-state index in [1.807, 2.05) is 6.92 Å². The number of ketones is 1. The summed E-state index contributed by atoms with van der Waals surface area (Å²) in [5.41, 5.74) is -0.459. The molecule has 1 N–H and O–H groups in total. The molecule has 21 heavy (non-hydrogen) atoms. The molecule has 2 nitrogen and oxygen atoms in total. The number of rotatable bonds is 0. The highest BCUT2D eigenvalue weighted by molar-refractivity contribution is 5.79. The Bertz CT molecular complexity index is 575. The molecule has 4 rings (SSSR count). The zero-order chi connectivity index (χ0) is 17.5. The predicted molar refractivity (Wildman–Crippen MR) is 82.7 cm³/mol. The summed E-state index contributed by atoms with van der Waals surface area (Å²) in [6.45, 7) is 4.31. The summed E-state index contributed by atoms with van der Waals surface area (Å²) in [6, 6.07) is 0. The topological polar surface area (TPSA) is 37.3 Å². The number of carbonyl (C=O) groups is 1. The van der Waals surface area contributed by atoms with E-state index in [1.54, 1.807) is 0 Å². The zero-order valence-corrected chi connectivity index (χ0v) is 13.3. The molecule has 0 aliphatic heterocycles. The lowest BCUT2D eigenvalue weighted by atomic mass is 9.45. The molecule has 4 aliphatic carbocycles. The van der Waals surface area contributed by atoms with Crippen molar-refractivity contribution >= 4 is 5.78 Å². The van der Waals surface area contributed by atoms with Crippen LogP contribution < -0.4 is 0 Å². The molecule has 0 saturated heterocycles. The summed E-state index contributed by atoms with van der Waals surface area (Å²) in [5, 5.41) is 10.7. The van der Waals surface area contributed by atoms with Crippen molar-refractivity contribution in [1.82, 2.24) is 0 Å². The molecular formula is C19H30O2. The van der Waals surface area contributed by atoms with Crippen LogP contribution in [0, 0.1) is 34.5 Å². The monoisotopic (exact) mass is 293 g/mol. The van der Waals surface area contributed by atoms with Crippen molar-refractivity contribution in [2.45, 2.75) is 77.7 Å². The molecule has 7 atom stereocenters. The normalized spacial score (nSPS) is 64.5. The van der Waals surface area contributed by atoms with Gasteiger partial charge in [-0.3, -0.25) is 4.79 Å². The van der Waals surface area contributed by atoms with Gasteiger partial charge < -0.3 is 5.11 Å². The maximum atomic E-state index is 11.9. The molecule has 0 aromatic carbocycles. The zero-order valence-electron chi connectivity index (χ0n) is 16.3. The van der Waals surface area contributed by atoms with Gasteiger partial charge in [0.1, 0.15) is 5.78 Å². The molecule has 4 fully saturated rings. The van der Waals surface area contributed by atoms with Crippen molar-refractivity contribution in [3.63, 3.8) is 0 Å². The van der Waals surface area contributed by atoms with Gasteiger partial charge in [-0.2, -0.15) is 0 Å². The highest BCUT2D eigenvalue weighted by atomic mass is 16.3. The molecule has 0 spiro atoms. The first-order chi connectivity index (χ1) is 11.0. The van der Waals surface area contributed by atoms with Crippen LogP contribution in [0.5, 0.6) is 0 Å². The molecule has 0 amide bonds. The first-order valence-electron chi connectivity index (χ1n) is 10.3. The maximum Gasteiger partial charge on any atom is 0.133 e. The number of carbonyl (C=O) groups excluding carboxylic acids is 1. The molecule has 0 radical (unpaired) electrons. The smallest absolute Gasteiger partial charge is 0.133 e. The lowest BCUT2D eigenvalue weighted by molar-refractivity contribution is -0.141. The first kappa shape index (κ1) is 11.2. The SMILES string of the molecule is [2H]C1([2H])C[C@H]2[C@@H]3CC[C@H]4CC(=O)CC[C@]4(C)[C@H]3CC[C@]2(C)[C@@]1([2H])O. The predicted octanol–water partition coefficient (Wildman–Crippen LogP) is 3.96. The molecule has 0 aromatic heterocycles. The van der Waals surface area contributed by atoms with E-state index in [1.165, 1.54) is 0 Å². The van der Waals surface area contributed by atoms with Crippen LogP contribution in [-0.4, -0.2) is 17.0 Å². The van der Waals surface area contributed by atoms with Gasteiger partial charge in [0.05, 0.1) is 7.45 Å². The molecule has 4 aliphatic rings. The Morgan fingerprint density at radius 2 is 1.90 bits per heavy atom. The van der Waals surface area contributed by atoms with Gasteiger partial charge in [0.15, 0.2) is 0 Å². The highest BCUT2D eigenvalue weighted by Crippen LogP contribution is 2.65. The largest absolute Gasteiger partial charge is 0.393 e. The molecule has 2 heteroatoms. The summed E-state index contributed by atoms with van der Waals surface area (Å²) < 4.78 is 24.9. The number of hydrogen-bond acceptors (Lipinski definition) is 2. The summed E-state index contributed by atoms with van der Waals surface area (Å²) in [6.07, 6.45) is 2.66. The number of aliphatic hydroxyl groups is 1. The number of hydrogen-bond donors (Lipinski definition) is 1. The van der Waals surface area contributed by atoms with Crippen molar-refractivity contribution in [3.8, 4) is 0 Å². The average Bonchev–Trinajstić information content (AvgIpc) is 2.64. The molecule has 118 valence electrons. The van der Waals surface area contributed by atoms with E-state index in [0.29, 0.717) is 36.4 Å². The second kappa shape index (κ2) is 4.57. The molecule has 0 unspecified atom stereocenters. The highest BCUT2D eigenvalue weighted by Gasteiger charge is 2.59. The number of Topliss-reactive ketones (excluding diaryl/α,β-unsaturated/α-hetero) is 1. The molecule has 0 bridgehead atoms. The summed E-state index contributed by atoms with van der Waals surface area (Å²) in [7, 11) is 0. The van der Waals surface area contributed by atoms with Crippen LogP contribution in [0.1, 0.15) is 75.7 Å². The van der Waals surface area contributed by atoms with Crippen LogP contribution in [0.4, 0.5) is 0 Å². The Morgan fingerprint density at radius 1 is 1.14 bits per heavy atom. The Hall–Kier alpha value is -0.370. The van der Waals surface area contributed by atoms with Crippen LogP contribution >= 0.6 is 0 Å². The minimum atomic E-state index is -1.99. The van der Waals surface area contributed by atoms with E-state index in [0.717, 1.165) is 38.5 Å². The van der Waals surface area contributed by atoms with Crippen LogP contribution in [0.15, 0.2) is 0 Å². The van der Waals surface area contributed by atoms with Gasteiger partial charge in [0.2, 0.25) is 0 Å². The summed E-state index contributed by atoms with van der Waals surface area (Å²) >= 11 is 0. The van der Waals surface area contributed by atoms with Crippen LogP contribution in [0.2, 0.25) is 0 Å². The van der Waals surface area contributed by atoms with Crippen molar-refractivity contribution < 1.29 is 14.0 Å². The molecular weight excluding hydrogens is 260 g/mol. The fraction of sp³-hybridized carbons (Fsp3) is 0.947. The van der Waals surface area contributed by atoms with E-state index >= 15 is 0 Å². The van der Waals surface area contributed by atoms with Crippen molar-refractivity contribution in [1.29, 1.82) is 0 Å². The number of fused-ring (bicyclic) bond motifs is 5. The van der Waals surface area contributed by atoms with E-state index < -0.39 is 17.9 Å². The minimum absolute atomic E-state index is 0.0872. The van der Waals surface area contributed by atoms with E-state index in [4.69, 9.17) is 4.11 Å². The van der Waals surface area contributed by atoms with Crippen molar-refractivity contribution in [2.24, 2.45) is 34.5 Å². The van der Waals surface area contributed by atoms with Gasteiger partial charge in [0, 0.05) is 15.6 Å². The Labute approximate surface area is 132 Å². The van der Waals surface area contributed by atoms with Crippen LogP contribution in [0.3, 0.4) is 0 Å². The summed E-state index contributed by atoms with van der Waals surface area (Å²) in [4.78, 5) is 11.9. The van der Waals surface area contributed by atoms with Gasteiger partial charge in [-0.25, -0.2) is 0 Å². The molecule has 0 heterocycles. The Morgan fingerprint density at radius 3 is 2.71 bits per heavy atom. The third-order valence-electron chi connectivity index (χ3n) is 7.90. The lowest BCUT2D eigenvalue weighted by Gasteiger charge is -2.60. The van der Waals surface area contributed by atoms with Gasteiger partial charge in [0.25, 0.3) is 0 Å². The van der Waals surface area contributed by atoms with Crippen LogP contribution in [0.25, 0.3) is 0 Å². The third kappa shape index (κ3) is 1.84. The quantitative estimate of drug-likeness (QED) is 0.734. The van der Waals surface area contributed by atoms with Gasteiger partial charge in [-0.15, -0.1) is 0 Å².